The molecule has 0 amide bonds. The first-order valence-electron chi connectivity index (χ1n) is 7.30. The lowest BCUT2D eigenvalue weighted by Gasteiger charge is -2.38. The zero-order chi connectivity index (χ0) is 13.7. The molecule has 1 saturated heterocycles. The lowest BCUT2D eigenvalue weighted by molar-refractivity contribution is 0.185. The zero-order valence-electron chi connectivity index (χ0n) is 12.4. The largest absolute Gasteiger partial charge is 0.380 e. The molecule has 2 rings (SSSR count). The van der Waals surface area contributed by atoms with E-state index in [4.69, 9.17) is 4.74 Å². The van der Waals surface area contributed by atoms with Crippen molar-refractivity contribution < 1.29 is 4.74 Å². The van der Waals surface area contributed by atoms with Crippen LogP contribution >= 0.6 is 0 Å². The maximum atomic E-state index is 5.22. The number of ether oxygens (including phenoxy) is 1. The van der Waals surface area contributed by atoms with Gasteiger partial charge < -0.3 is 15.0 Å². The summed E-state index contributed by atoms with van der Waals surface area (Å²) in [5, 5.41) is 3.64. The monoisotopic (exact) mass is 262 g/mol. The summed E-state index contributed by atoms with van der Waals surface area (Å²) < 4.78 is 5.22. The van der Waals surface area contributed by atoms with Crippen LogP contribution < -0.4 is 10.2 Å². The molecule has 1 aromatic carbocycles. The number of nitrogens with one attached hydrogen (secondary N) is 1. The van der Waals surface area contributed by atoms with Crippen LogP contribution in [0.1, 0.15) is 25.8 Å². The Bertz CT molecular complexity index is 394. The first-order chi connectivity index (χ1) is 9.24. The van der Waals surface area contributed by atoms with Gasteiger partial charge in [0.25, 0.3) is 0 Å². The van der Waals surface area contributed by atoms with Crippen LogP contribution in [0.15, 0.2) is 24.3 Å². The molecule has 0 spiro atoms. The molecule has 0 bridgehead atoms. The molecule has 1 heterocycles. The highest BCUT2D eigenvalue weighted by molar-refractivity contribution is 5.49. The Morgan fingerprint density at radius 1 is 1.47 bits per heavy atom. The fourth-order valence-corrected chi connectivity index (χ4v) is 2.69. The Morgan fingerprint density at radius 3 is 3.05 bits per heavy atom. The number of piperazine rings is 1. The van der Waals surface area contributed by atoms with Gasteiger partial charge in [-0.2, -0.15) is 0 Å². The van der Waals surface area contributed by atoms with Gasteiger partial charge in [-0.1, -0.05) is 32.4 Å². The number of nitrogens with zero attached hydrogens (tertiary/aromatic N) is 1. The van der Waals surface area contributed by atoms with E-state index in [2.05, 4.69) is 48.3 Å². The quantitative estimate of drug-likeness (QED) is 0.883. The van der Waals surface area contributed by atoms with Gasteiger partial charge in [0.15, 0.2) is 0 Å². The van der Waals surface area contributed by atoms with Gasteiger partial charge in [0, 0.05) is 38.5 Å². The fraction of sp³-hybridized carbons (Fsp3) is 0.625. The minimum Gasteiger partial charge on any atom is -0.380 e. The van der Waals surface area contributed by atoms with E-state index in [1.54, 1.807) is 7.11 Å². The molecule has 1 fully saturated rings. The summed E-state index contributed by atoms with van der Waals surface area (Å²) in [6, 6.07) is 9.32. The number of rotatable bonds is 5. The zero-order valence-corrected chi connectivity index (χ0v) is 12.4. The summed E-state index contributed by atoms with van der Waals surface area (Å²) in [4.78, 5) is 2.49. The van der Waals surface area contributed by atoms with Gasteiger partial charge in [-0.15, -0.1) is 0 Å². The van der Waals surface area contributed by atoms with E-state index >= 15 is 0 Å². The lowest BCUT2D eigenvalue weighted by Crippen LogP contribution is -2.53. The average molecular weight is 262 g/mol. The van der Waals surface area contributed by atoms with Gasteiger partial charge in [0.1, 0.15) is 0 Å². The second-order valence-electron chi connectivity index (χ2n) is 5.50. The Balaban J connectivity index is 2.06. The van der Waals surface area contributed by atoms with Crippen molar-refractivity contribution in [3.8, 4) is 0 Å². The van der Waals surface area contributed by atoms with Crippen LogP contribution in [0.3, 0.4) is 0 Å². The summed E-state index contributed by atoms with van der Waals surface area (Å²) >= 11 is 0. The topological polar surface area (TPSA) is 24.5 Å². The number of benzene rings is 1. The molecule has 1 N–H and O–H groups in total. The van der Waals surface area contributed by atoms with Gasteiger partial charge in [-0.25, -0.2) is 0 Å². The summed E-state index contributed by atoms with van der Waals surface area (Å²) in [5.41, 5.74) is 2.57. The molecule has 1 aliphatic rings. The van der Waals surface area contributed by atoms with Crippen molar-refractivity contribution in [1.82, 2.24) is 5.32 Å². The van der Waals surface area contributed by atoms with Gasteiger partial charge in [-0.3, -0.25) is 0 Å². The second kappa shape index (κ2) is 6.92. The van der Waals surface area contributed by atoms with E-state index in [1.165, 1.54) is 17.7 Å². The summed E-state index contributed by atoms with van der Waals surface area (Å²) in [6.07, 6.45) is 1.23. The molecule has 1 aromatic rings. The van der Waals surface area contributed by atoms with Crippen LogP contribution in [-0.4, -0.2) is 32.8 Å². The third kappa shape index (κ3) is 3.71. The van der Waals surface area contributed by atoms with Crippen molar-refractivity contribution in [2.24, 2.45) is 5.92 Å². The highest BCUT2D eigenvalue weighted by atomic mass is 16.5. The summed E-state index contributed by atoms with van der Waals surface area (Å²) in [6.45, 7) is 8.56. The molecule has 3 nitrogen and oxygen atoms in total. The van der Waals surface area contributed by atoms with Gasteiger partial charge in [0.05, 0.1) is 6.61 Å². The van der Waals surface area contributed by atoms with Crippen molar-refractivity contribution in [1.29, 1.82) is 0 Å². The third-order valence-electron chi connectivity index (χ3n) is 4.12. The van der Waals surface area contributed by atoms with Crippen LogP contribution in [0.4, 0.5) is 5.69 Å². The normalized spacial score (nSPS) is 21.4. The average Bonchev–Trinajstić information content (AvgIpc) is 2.47. The van der Waals surface area contributed by atoms with E-state index in [0.717, 1.165) is 25.6 Å². The highest BCUT2D eigenvalue weighted by Gasteiger charge is 2.23. The van der Waals surface area contributed by atoms with Crippen molar-refractivity contribution in [2.45, 2.75) is 32.9 Å². The van der Waals surface area contributed by atoms with Crippen molar-refractivity contribution >= 4 is 5.69 Å². The van der Waals surface area contributed by atoms with Crippen molar-refractivity contribution in [3.05, 3.63) is 29.8 Å². The molecular formula is C16H26N2O. The van der Waals surface area contributed by atoms with Crippen LogP contribution in [0.25, 0.3) is 0 Å². The molecule has 106 valence electrons. The standard InChI is InChI=1S/C16H26N2O/c1-4-13(2)16-11-18(9-8-17-16)15-7-5-6-14(10-15)12-19-3/h5-7,10,13,16-17H,4,8-9,11-12H2,1-3H3. The molecule has 19 heavy (non-hydrogen) atoms. The summed E-state index contributed by atoms with van der Waals surface area (Å²) in [7, 11) is 1.75. The molecule has 2 atom stereocenters. The lowest BCUT2D eigenvalue weighted by atomic mass is 9.97. The van der Waals surface area contributed by atoms with Crippen LogP contribution in [-0.2, 0) is 11.3 Å². The minimum atomic E-state index is 0.602. The van der Waals surface area contributed by atoms with Gasteiger partial charge in [-0.05, 0) is 23.6 Å². The van der Waals surface area contributed by atoms with E-state index in [0.29, 0.717) is 12.6 Å². The van der Waals surface area contributed by atoms with Gasteiger partial charge >= 0.3 is 0 Å². The third-order valence-corrected chi connectivity index (χ3v) is 4.12. The van der Waals surface area contributed by atoms with Crippen LogP contribution in [0, 0.1) is 5.92 Å². The Hall–Kier alpha value is -1.06. The first-order valence-corrected chi connectivity index (χ1v) is 7.30. The number of methoxy groups -OCH3 is 1. The minimum absolute atomic E-state index is 0.602. The van der Waals surface area contributed by atoms with Crippen LogP contribution in [0.2, 0.25) is 0 Å². The van der Waals surface area contributed by atoms with E-state index in [-0.39, 0.29) is 0 Å². The maximum absolute atomic E-state index is 5.22. The molecule has 0 radical (unpaired) electrons. The molecular weight excluding hydrogens is 236 g/mol. The molecule has 3 heteroatoms. The van der Waals surface area contributed by atoms with Crippen molar-refractivity contribution in [3.63, 3.8) is 0 Å². The number of anilines is 1. The van der Waals surface area contributed by atoms with Crippen LogP contribution in [0.5, 0.6) is 0 Å². The predicted octanol–water partition coefficient (Wildman–Crippen LogP) is 2.66. The van der Waals surface area contributed by atoms with E-state index in [1.807, 2.05) is 0 Å². The molecule has 1 aliphatic heterocycles. The molecule has 0 aromatic heterocycles. The number of hydrogen-bond acceptors (Lipinski definition) is 3. The summed E-state index contributed by atoms with van der Waals surface area (Å²) in [5.74, 6) is 0.727. The predicted molar refractivity (Wildman–Crippen MR) is 80.6 cm³/mol. The molecule has 0 saturated carbocycles. The maximum Gasteiger partial charge on any atom is 0.0713 e. The van der Waals surface area contributed by atoms with E-state index < -0.39 is 0 Å². The first kappa shape index (κ1) is 14.4. The fourth-order valence-electron chi connectivity index (χ4n) is 2.69. The Morgan fingerprint density at radius 2 is 2.32 bits per heavy atom. The molecule has 0 aliphatic carbocycles. The Labute approximate surface area is 116 Å². The second-order valence-corrected chi connectivity index (χ2v) is 5.50. The molecule has 2 unspecified atom stereocenters. The smallest absolute Gasteiger partial charge is 0.0713 e. The van der Waals surface area contributed by atoms with Gasteiger partial charge in [0.2, 0.25) is 0 Å². The highest BCUT2D eigenvalue weighted by Crippen LogP contribution is 2.21. The SMILES string of the molecule is CCC(C)C1CN(c2cccc(COC)c2)CCN1. The number of hydrogen-bond donors (Lipinski definition) is 1. The Kier molecular flexibility index (Phi) is 5.23. The van der Waals surface area contributed by atoms with Crippen molar-refractivity contribution in [2.75, 3.05) is 31.6 Å². The van der Waals surface area contributed by atoms with E-state index in [9.17, 15) is 0 Å².